The van der Waals surface area contributed by atoms with Crippen LogP contribution in [0, 0.1) is 0 Å². The van der Waals surface area contributed by atoms with E-state index in [4.69, 9.17) is 22.1 Å². The number of morpholine rings is 1. The van der Waals surface area contributed by atoms with Gasteiger partial charge >= 0.3 is 0 Å². The molecule has 1 heterocycles. The minimum atomic E-state index is -0.341. The van der Waals surface area contributed by atoms with Crippen molar-refractivity contribution in [2.75, 3.05) is 31.2 Å². The van der Waals surface area contributed by atoms with Crippen LogP contribution in [0.4, 0.5) is 5.69 Å². The van der Waals surface area contributed by atoms with Crippen molar-refractivity contribution in [3.63, 3.8) is 0 Å². The Bertz CT molecular complexity index is 496. The van der Waals surface area contributed by atoms with Crippen molar-refractivity contribution in [2.24, 2.45) is 5.73 Å². The van der Waals surface area contributed by atoms with Gasteiger partial charge in [0, 0.05) is 19.6 Å². The molecule has 116 valence electrons. The van der Waals surface area contributed by atoms with Crippen LogP contribution in [0.15, 0.2) is 18.2 Å². The Morgan fingerprint density at radius 1 is 1.57 bits per heavy atom. The number of carbonyl (C=O) groups is 1. The van der Waals surface area contributed by atoms with Gasteiger partial charge in [-0.15, -0.1) is 0 Å². The summed E-state index contributed by atoms with van der Waals surface area (Å²) in [5, 5.41) is 3.54. The molecule has 1 aliphatic rings. The second-order valence-corrected chi connectivity index (χ2v) is 5.47. The summed E-state index contributed by atoms with van der Waals surface area (Å²) in [6, 6.07) is 5.38. The van der Waals surface area contributed by atoms with Crippen LogP contribution in [-0.2, 0) is 16.1 Å². The van der Waals surface area contributed by atoms with Crippen molar-refractivity contribution < 1.29 is 9.53 Å². The molecule has 0 aliphatic carbocycles. The van der Waals surface area contributed by atoms with Gasteiger partial charge in [0.05, 0.1) is 23.9 Å². The highest BCUT2D eigenvalue weighted by Crippen LogP contribution is 2.29. The zero-order valence-electron chi connectivity index (χ0n) is 12.3. The van der Waals surface area contributed by atoms with Gasteiger partial charge in [-0.3, -0.25) is 4.79 Å². The van der Waals surface area contributed by atoms with E-state index in [9.17, 15) is 4.79 Å². The molecule has 0 bridgehead atoms. The quantitative estimate of drug-likeness (QED) is 0.865. The number of halogens is 1. The number of carbonyl (C=O) groups excluding carboxylic acids is 1. The predicted molar refractivity (Wildman–Crippen MR) is 84.6 cm³/mol. The number of benzene rings is 1. The molecule has 6 heteroatoms. The number of hydrogen-bond acceptors (Lipinski definition) is 4. The van der Waals surface area contributed by atoms with Gasteiger partial charge in [-0.1, -0.05) is 24.6 Å². The summed E-state index contributed by atoms with van der Waals surface area (Å²) in [5.41, 5.74) is 7.45. The molecule has 1 fully saturated rings. The minimum Gasteiger partial charge on any atom is -0.377 e. The summed E-state index contributed by atoms with van der Waals surface area (Å²) >= 11 is 6.35. The van der Waals surface area contributed by atoms with Crippen LogP contribution in [0.1, 0.15) is 18.9 Å². The summed E-state index contributed by atoms with van der Waals surface area (Å²) in [4.78, 5) is 14.3. The normalized spacial score (nSPS) is 18.6. The van der Waals surface area contributed by atoms with Crippen LogP contribution in [0.25, 0.3) is 0 Å². The summed E-state index contributed by atoms with van der Waals surface area (Å²) < 4.78 is 5.45. The number of anilines is 1. The highest BCUT2D eigenvalue weighted by atomic mass is 35.5. The lowest BCUT2D eigenvalue weighted by molar-refractivity contribution is -0.124. The topological polar surface area (TPSA) is 67.6 Å². The maximum absolute atomic E-state index is 12.3. The van der Waals surface area contributed by atoms with Gasteiger partial charge in [0.2, 0.25) is 5.91 Å². The monoisotopic (exact) mass is 311 g/mol. The van der Waals surface area contributed by atoms with Crippen LogP contribution < -0.4 is 16.0 Å². The van der Waals surface area contributed by atoms with Gasteiger partial charge in [-0.25, -0.2) is 0 Å². The molecule has 1 unspecified atom stereocenters. The average molecular weight is 312 g/mol. The van der Waals surface area contributed by atoms with E-state index in [1.807, 2.05) is 30.0 Å². The molecule has 1 amide bonds. The van der Waals surface area contributed by atoms with Crippen molar-refractivity contribution in [1.82, 2.24) is 5.32 Å². The fraction of sp³-hybridized carbons (Fsp3) is 0.533. The van der Waals surface area contributed by atoms with Crippen LogP contribution >= 0.6 is 11.6 Å². The Morgan fingerprint density at radius 3 is 3.05 bits per heavy atom. The molecule has 3 N–H and O–H groups in total. The summed E-state index contributed by atoms with van der Waals surface area (Å²) in [6.07, 6.45) is 0.908. The highest BCUT2D eigenvalue weighted by Gasteiger charge is 2.30. The van der Waals surface area contributed by atoms with E-state index in [0.29, 0.717) is 37.9 Å². The Hall–Kier alpha value is -1.30. The molecule has 1 aromatic rings. The van der Waals surface area contributed by atoms with Gasteiger partial charge in [-0.2, -0.15) is 0 Å². The largest absolute Gasteiger partial charge is 0.377 e. The van der Waals surface area contributed by atoms with E-state index in [2.05, 4.69) is 5.32 Å². The third kappa shape index (κ3) is 3.87. The number of nitrogens with one attached hydrogen (secondary N) is 1. The molecule has 2 rings (SSSR count). The molecule has 1 atom stereocenters. The Kier molecular flexibility index (Phi) is 5.85. The first-order chi connectivity index (χ1) is 10.2. The van der Waals surface area contributed by atoms with Crippen LogP contribution in [-0.4, -0.2) is 38.3 Å². The first-order valence-corrected chi connectivity index (χ1v) is 7.65. The number of ether oxygens (including phenoxy) is 1. The molecule has 0 spiro atoms. The number of rotatable bonds is 5. The van der Waals surface area contributed by atoms with E-state index in [0.717, 1.165) is 17.7 Å². The maximum Gasteiger partial charge on any atom is 0.245 e. The third-order valence-corrected chi connectivity index (χ3v) is 3.84. The fourth-order valence-electron chi connectivity index (χ4n) is 2.39. The Morgan fingerprint density at radius 2 is 2.38 bits per heavy atom. The van der Waals surface area contributed by atoms with Crippen LogP contribution in [0.2, 0.25) is 5.02 Å². The molecule has 0 aromatic heterocycles. The van der Waals surface area contributed by atoms with Crippen molar-refractivity contribution in [1.29, 1.82) is 0 Å². The SMILES string of the molecule is CCCNC(=O)C1COCCN1c1ccc(CN)cc1Cl. The molecule has 0 saturated carbocycles. The lowest BCUT2D eigenvalue weighted by Crippen LogP contribution is -2.54. The van der Waals surface area contributed by atoms with E-state index in [1.165, 1.54) is 0 Å². The first-order valence-electron chi connectivity index (χ1n) is 7.28. The third-order valence-electron chi connectivity index (χ3n) is 3.54. The molecule has 1 aromatic carbocycles. The van der Waals surface area contributed by atoms with Crippen LogP contribution in [0.3, 0.4) is 0 Å². The maximum atomic E-state index is 12.3. The molecule has 21 heavy (non-hydrogen) atoms. The van der Waals surface area contributed by atoms with Crippen molar-refractivity contribution in [2.45, 2.75) is 25.9 Å². The van der Waals surface area contributed by atoms with E-state index in [-0.39, 0.29) is 11.9 Å². The second-order valence-electron chi connectivity index (χ2n) is 5.07. The number of nitrogens with zero attached hydrogens (tertiary/aromatic N) is 1. The predicted octanol–water partition coefficient (Wildman–Crippen LogP) is 1.53. The first kappa shape index (κ1) is 16.1. The van der Waals surface area contributed by atoms with E-state index >= 15 is 0 Å². The van der Waals surface area contributed by atoms with Gasteiger partial charge in [0.25, 0.3) is 0 Å². The Labute approximate surface area is 130 Å². The van der Waals surface area contributed by atoms with Gasteiger partial charge in [-0.05, 0) is 24.1 Å². The lowest BCUT2D eigenvalue weighted by Gasteiger charge is -2.36. The minimum absolute atomic E-state index is 0.0180. The zero-order chi connectivity index (χ0) is 15.2. The zero-order valence-corrected chi connectivity index (χ0v) is 13.0. The molecule has 5 nitrogen and oxygen atoms in total. The van der Waals surface area contributed by atoms with Gasteiger partial charge in [0.1, 0.15) is 6.04 Å². The van der Waals surface area contributed by atoms with Gasteiger partial charge < -0.3 is 20.7 Å². The van der Waals surface area contributed by atoms with Crippen molar-refractivity contribution in [3.8, 4) is 0 Å². The van der Waals surface area contributed by atoms with Crippen molar-refractivity contribution in [3.05, 3.63) is 28.8 Å². The summed E-state index contributed by atoms with van der Waals surface area (Å²) in [6.45, 7) is 4.76. The molecular formula is C15H22ClN3O2. The molecule has 1 aliphatic heterocycles. The number of nitrogens with two attached hydrogens (primary N) is 1. The smallest absolute Gasteiger partial charge is 0.245 e. The fourth-order valence-corrected chi connectivity index (χ4v) is 2.70. The standard InChI is InChI=1S/C15H22ClN3O2/c1-2-5-18-15(20)14-10-21-7-6-19(14)13-4-3-11(9-17)8-12(13)16/h3-4,8,14H,2,5-7,9-10,17H2,1H3,(H,18,20). The highest BCUT2D eigenvalue weighted by molar-refractivity contribution is 6.33. The number of hydrogen-bond donors (Lipinski definition) is 2. The molecular weight excluding hydrogens is 290 g/mol. The van der Waals surface area contributed by atoms with Crippen LogP contribution in [0.5, 0.6) is 0 Å². The van der Waals surface area contributed by atoms with E-state index < -0.39 is 0 Å². The van der Waals surface area contributed by atoms with Crippen molar-refractivity contribution >= 4 is 23.2 Å². The van der Waals surface area contributed by atoms with E-state index in [1.54, 1.807) is 0 Å². The average Bonchev–Trinajstić information content (AvgIpc) is 2.52. The Balaban J connectivity index is 2.20. The summed E-state index contributed by atoms with van der Waals surface area (Å²) in [7, 11) is 0. The second kappa shape index (κ2) is 7.64. The number of amides is 1. The van der Waals surface area contributed by atoms with Gasteiger partial charge in [0.15, 0.2) is 0 Å². The molecule has 1 saturated heterocycles. The lowest BCUT2D eigenvalue weighted by atomic mass is 10.1. The summed E-state index contributed by atoms with van der Waals surface area (Å²) in [5.74, 6) is -0.0180. The molecule has 0 radical (unpaired) electrons.